The van der Waals surface area contributed by atoms with E-state index in [0.29, 0.717) is 12.0 Å². The van der Waals surface area contributed by atoms with E-state index in [1.165, 1.54) is 12.8 Å². The van der Waals surface area contributed by atoms with Crippen LogP contribution in [-0.4, -0.2) is 18.1 Å². The number of rotatable bonds is 3. The van der Waals surface area contributed by atoms with Gasteiger partial charge in [0.15, 0.2) is 0 Å². The second kappa shape index (κ2) is 4.54. The van der Waals surface area contributed by atoms with Crippen LogP contribution in [0.15, 0.2) is 9.98 Å². The third-order valence-electron chi connectivity index (χ3n) is 2.54. The number of hydrogen-bond acceptors (Lipinski definition) is 2. The van der Waals surface area contributed by atoms with Crippen LogP contribution in [0.25, 0.3) is 0 Å². The zero-order valence-corrected chi connectivity index (χ0v) is 9.12. The molecule has 0 bridgehead atoms. The summed E-state index contributed by atoms with van der Waals surface area (Å²) >= 11 is 0. The standard InChI is InChI=1S/C11H20N2/c1-8(2)5-6-11-7-12-10(4)13-9(11)3/h7-9,11H,5-6H2,1-4H3. The van der Waals surface area contributed by atoms with Gasteiger partial charge in [-0.1, -0.05) is 20.3 Å². The maximum absolute atomic E-state index is 4.46. The van der Waals surface area contributed by atoms with Crippen LogP contribution in [0.4, 0.5) is 0 Å². The minimum atomic E-state index is 0.427. The topological polar surface area (TPSA) is 24.7 Å². The van der Waals surface area contributed by atoms with E-state index in [1.807, 2.05) is 6.92 Å². The lowest BCUT2D eigenvalue weighted by molar-refractivity contribution is 0.458. The van der Waals surface area contributed by atoms with Crippen LogP contribution in [0.1, 0.15) is 40.5 Å². The third-order valence-corrected chi connectivity index (χ3v) is 2.54. The Morgan fingerprint density at radius 2 is 2.15 bits per heavy atom. The summed E-state index contributed by atoms with van der Waals surface area (Å²) < 4.78 is 0. The van der Waals surface area contributed by atoms with Crippen LogP contribution < -0.4 is 0 Å². The van der Waals surface area contributed by atoms with Crippen LogP contribution in [0, 0.1) is 11.8 Å². The largest absolute Gasteiger partial charge is 0.267 e. The molecule has 1 aliphatic heterocycles. The Balaban J connectivity index is 2.41. The third kappa shape index (κ3) is 3.29. The summed E-state index contributed by atoms with van der Waals surface area (Å²) in [5.74, 6) is 2.27. The summed E-state index contributed by atoms with van der Waals surface area (Å²) in [6.45, 7) is 8.67. The van der Waals surface area contributed by atoms with Gasteiger partial charge in [0.2, 0.25) is 0 Å². The molecule has 2 nitrogen and oxygen atoms in total. The lowest BCUT2D eigenvalue weighted by Crippen LogP contribution is -2.22. The molecule has 2 unspecified atom stereocenters. The van der Waals surface area contributed by atoms with E-state index in [2.05, 4.69) is 37.0 Å². The Morgan fingerprint density at radius 3 is 2.69 bits per heavy atom. The molecule has 1 aliphatic rings. The Hall–Kier alpha value is -0.660. The Labute approximate surface area is 81.2 Å². The van der Waals surface area contributed by atoms with Gasteiger partial charge in [-0.2, -0.15) is 0 Å². The average molecular weight is 180 g/mol. The highest BCUT2D eigenvalue weighted by Crippen LogP contribution is 2.18. The molecule has 0 fully saturated rings. The highest BCUT2D eigenvalue weighted by molar-refractivity contribution is 5.90. The van der Waals surface area contributed by atoms with Crippen molar-refractivity contribution in [3.8, 4) is 0 Å². The molecule has 0 aromatic carbocycles. The van der Waals surface area contributed by atoms with Crippen molar-refractivity contribution < 1.29 is 0 Å². The molecule has 0 amide bonds. The van der Waals surface area contributed by atoms with Crippen LogP contribution >= 0.6 is 0 Å². The van der Waals surface area contributed by atoms with Crippen LogP contribution in [0.3, 0.4) is 0 Å². The lowest BCUT2D eigenvalue weighted by Gasteiger charge is -2.21. The second-order valence-electron chi connectivity index (χ2n) is 4.33. The van der Waals surface area contributed by atoms with Gasteiger partial charge < -0.3 is 0 Å². The molecule has 0 N–H and O–H groups in total. The summed E-state index contributed by atoms with van der Waals surface area (Å²) in [6.07, 6.45) is 4.57. The molecular weight excluding hydrogens is 160 g/mol. The van der Waals surface area contributed by atoms with Gasteiger partial charge in [0.05, 0.1) is 6.04 Å². The monoisotopic (exact) mass is 180 g/mol. The van der Waals surface area contributed by atoms with Crippen molar-refractivity contribution >= 4 is 12.1 Å². The van der Waals surface area contributed by atoms with Crippen molar-refractivity contribution in [3.63, 3.8) is 0 Å². The molecule has 0 spiro atoms. The summed E-state index contributed by atoms with van der Waals surface area (Å²) in [4.78, 5) is 8.73. The predicted molar refractivity (Wildman–Crippen MR) is 58.6 cm³/mol. The molecule has 0 saturated carbocycles. The maximum Gasteiger partial charge on any atom is 0.119 e. The van der Waals surface area contributed by atoms with Gasteiger partial charge in [-0.3, -0.25) is 4.99 Å². The van der Waals surface area contributed by atoms with E-state index in [0.717, 1.165) is 11.8 Å². The van der Waals surface area contributed by atoms with Gasteiger partial charge in [0.1, 0.15) is 5.84 Å². The van der Waals surface area contributed by atoms with Gasteiger partial charge >= 0.3 is 0 Å². The van der Waals surface area contributed by atoms with Crippen molar-refractivity contribution in [1.82, 2.24) is 0 Å². The summed E-state index contributed by atoms with van der Waals surface area (Å²) in [6, 6.07) is 0.427. The molecule has 0 aromatic rings. The zero-order chi connectivity index (χ0) is 9.84. The summed E-state index contributed by atoms with van der Waals surface area (Å²) in [5, 5.41) is 0. The van der Waals surface area contributed by atoms with Gasteiger partial charge in [-0.15, -0.1) is 0 Å². The van der Waals surface area contributed by atoms with E-state index in [1.54, 1.807) is 0 Å². The number of aliphatic imine (C=N–C) groups is 2. The van der Waals surface area contributed by atoms with Gasteiger partial charge in [0, 0.05) is 12.1 Å². The molecule has 2 atom stereocenters. The molecule has 0 aliphatic carbocycles. The van der Waals surface area contributed by atoms with Crippen molar-refractivity contribution in [3.05, 3.63) is 0 Å². The summed E-state index contributed by atoms with van der Waals surface area (Å²) in [7, 11) is 0. The first-order valence-corrected chi connectivity index (χ1v) is 5.18. The first-order chi connectivity index (χ1) is 6.09. The highest BCUT2D eigenvalue weighted by Gasteiger charge is 2.17. The number of hydrogen-bond donors (Lipinski definition) is 0. The molecule has 0 aromatic heterocycles. The molecule has 1 heterocycles. The van der Waals surface area contributed by atoms with Gasteiger partial charge in [-0.05, 0) is 26.2 Å². The zero-order valence-electron chi connectivity index (χ0n) is 9.12. The Kier molecular flexibility index (Phi) is 3.64. The Morgan fingerprint density at radius 1 is 1.46 bits per heavy atom. The smallest absolute Gasteiger partial charge is 0.119 e. The molecule has 1 rings (SSSR count). The van der Waals surface area contributed by atoms with E-state index in [-0.39, 0.29) is 0 Å². The average Bonchev–Trinajstić information content (AvgIpc) is 2.02. The van der Waals surface area contributed by atoms with E-state index >= 15 is 0 Å². The number of nitrogens with zero attached hydrogens (tertiary/aromatic N) is 2. The molecular formula is C11H20N2. The number of amidine groups is 1. The van der Waals surface area contributed by atoms with Crippen LogP contribution in [0.5, 0.6) is 0 Å². The molecule has 74 valence electrons. The maximum atomic E-state index is 4.46. The molecule has 13 heavy (non-hydrogen) atoms. The first-order valence-electron chi connectivity index (χ1n) is 5.18. The fourth-order valence-corrected chi connectivity index (χ4v) is 1.59. The van der Waals surface area contributed by atoms with E-state index < -0.39 is 0 Å². The summed E-state index contributed by atoms with van der Waals surface area (Å²) in [5.41, 5.74) is 0. The fourth-order valence-electron chi connectivity index (χ4n) is 1.59. The van der Waals surface area contributed by atoms with Crippen molar-refractivity contribution in [2.24, 2.45) is 21.8 Å². The Bertz CT molecular complexity index is 216. The lowest BCUT2D eigenvalue weighted by atomic mass is 9.93. The van der Waals surface area contributed by atoms with Crippen molar-refractivity contribution in [2.75, 3.05) is 0 Å². The van der Waals surface area contributed by atoms with Gasteiger partial charge in [-0.25, -0.2) is 4.99 Å². The molecule has 0 radical (unpaired) electrons. The minimum Gasteiger partial charge on any atom is -0.267 e. The molecule has 2 heteroatoms. The molecule has 0 saturated heterocycles. The van der Waals surface area contributed by atoms with Crippen LogP contribution in [-0.2, 0) is 0 Å². The first kappa shape index (κ1) is 10.4. The fraction of sp³-hybridized carbons (Fsp3) is 0.818. The second-order valence-corrected chi connectivity index (χ2v) is 4.33. The van der Waals surface area contributed by atoms with E-state index in [9.17, 15) is 0 Å². The highest BCUT2D eigenvalue weighted by atomic mass is 15.0. The van der Waals surface area contributed by atoms with E-state index in [4.69, 9.17) is 0 Å². The van der Waals surface area contributed by atoms with Crippen LogP contribution in [0.2, 0.25) is 0 Å². The van der Waals surface area contributed by atoms with Gasteiger partial charge in [0.25, 0.3) is 0 Å². The van der Waals surface area contributed by atoms with Crippen molar-refractivity contribution in [1.29, 1.82) is 0 Å². The predicted octanol–water partition coefficient (Wildman–Crippen LogP) is 2.93. The van der Waals surface area contributed by atoms with Crippen molar-refractivity contribution in [2.45, 2.75) is 46.6 Å². The SMILES string of the molecule is CC1=NC(C)C(CCC(C)C)C=N1. The minimum absolute atomic E-state index is 0.427. The normalized spacial score (nSPS) is 27.9. The quantitative estimate of drug-likeness (QED) is 0.638.